The average Bonchev–Trinajstić information content (AvgIpc) is 2.58. The van der Waals surface area contributed by atoms with Crippen LogP contribution in [0, 0.1) is 11.7 Å². The maximum atomic E-state index is 13.0. The van der Waals surface area contributed by atoms with Crippen LogP contribution in [0.4, 0.5) is 4.39 Å². The van der Waals surface area contributed by atoms with E-state index in [0.717, 1.165) is 23.5 Å². The maximum absolute atomic E-state index is 13.0. The minimum Gasteiger partial charge on any atom is -0.327 e. The topological polar surface area (TPSA) is 26.0 Å². The van der Waals surface area contributed by atoms with E-state index in [9.17, 15) is 4.39 Å². The fourth-order valence-electron chi connectivity index (χ4n) is 1.81. The number of benzene rings is 1. The summed E-state index contributed by atoms with van der Waals surface area (Å²) in [5.41, 5.74) is 6.83. The summed E-state index contributed by atoms with van der Waals surface area (Å²) < 4.78 is 13.0. The number of hydrogen-bond donors (Lipinski definition) is 1. The SMILES string of the molecule is NC1CSCC1Cc1cc(F)ccc1Cl. The quantitative estimate of drug-likeness (QED) is 0.867. The number of hydrogen-bond acceptors (Lipinski definition) is 2. The molecule has 1 aromatic rings. The molecule has 2 rings (SSSR count). The largest absolute Gasteiger partial charge is 0.327 e. The predicted octanol–water partition coefficient (Wildman–Crippen LogP) is 2.71. The molecule has 0 aromatic heterocycles. The van der Waals surface area contributed by atoms with Crippen LogP contribution in [0.5, 0.6) is 0 Å². The van der Waals surface area contributed by atoms with Crippen LogP contribution >= 0.6 is 23.4 Å². The normalized spacial score (nSPS) is 25.8. The second-order valence-electron chi connectivity index (χ2n) is 3.90. The lowest BCUT2D eigenvalue weighted by molar-refractivity contribution is 0.513. The van der Waals surface area contributed by atoms with E-state index < -0.39 is 0 Å². The molecule has 2 unspecified atom stereocenters. The van der Waals surface area contributed by atoms with Gasteiger partial charge in [-0.15, -0.1) is 0 Å². The van der Waals surface area contributed by atoms with Gasteiger partial charge >= 0.3 is 0 Å². The van der Waals surface area contributed by atoms with Crippen LogP contribution in [0.2, 0.25) is 5.02 Å². The molecule has 15 heavy (non-hydrogen) atoms. The van der Waals surface area contributed by atoms with Crippen molar-refractivity contribution in [2.24, 2.45) is 11.7 Å². The Morgan fingerprint density at radius 2 is 2.27 bits per heavy atom. The molecule has 0 bridgehead atoms. The van der Waals surface area contributed by atoms with Gasteiger partial charge in [-0.2, -0.15) is 11.8 Å². The van der Waals surface area contributed by atoms with Gasteiger partial charge in [0, 0.05) is 16.8 Å². The zero-order chi connectivity index (χ0) is 10.8. The van der Waals surface area contributed by atoms with Crippen molar-refractivity contribution < 1.29 is 4.39 Å². The van der Waals surface area contributed by atoms with Gasteiger partial charge in [0.2, 0.25) is 0 Å². The van der Waals surface area contributed by atoms with E-state index in [0.29, 0.717) is 10.9 Å². The predicted molar refractivity (Wildman–Crippen MR) is 63.9 cm³/mol. The van der Waals surface area contributed by atoms with Crippen LogP contribution in [0.25, 0.3) is 0 Å². The third-order valence-electron chi connectivity index (χ3n) is 2.74. The molecule has 1 aliphatic rings. The van der Waals surface area contributed by atoms with Crippen molar-refractivity contribution in [2.75, 3.05) is 11.5 Å². The summed E-state index contributed by atoms with van der Waals surface area (Å²) in [6, 6.07) is 4.72. The minimum atomic E-state index is -0.228. The highest BCUT2D eigenvalue weighted by atomic mass is 35.5. The van der Waals surface area contributed by atoms with Crippen molar-refractivity contribution in [1.82, 2.24) is 0 Å². The summed E-state index contributed by atoms with van der Waals surface area (Å²) in [4.78, 5) is 0. The first-order valence-electron chi connectivity index (χ1n) is 4.94. The molecule has 1 saturated heterocycles. The van der Waals surface area contributed by atoms with E-state index in [-0.39, 0.29) is 11.9 Å². The number of halogens is 2. The summed E-state index contributed by atoms with van der Waals surface area (Å²) in [6.07, 6.45) is 0.783. The molecule has 0 spiro atoms. The molecule has 1 fully saturated rings. The van der Waals surface area contributed by atoms with E-state index in [1.165, 1.54) is 12.1 Å². The zero-order valence-electron chi connectivity index (χ0n) is 8.25. The van der Waals surface area contributed by atoms with Crippen molar-refractivity contribution in [3.05, 3.63) is 34.6 Å². The van der Waals surface area contributed by atoms with Gasteiger partial charge in [-0.3, -0.25) is 0 Å². The summed E-state index contributed by atoms with van der Waals surface area (Å²) in [6.45, 7) is 0. The Hall–Kier alpha value is -0.250. The van der Waals surface area contributed by atoms with Crippen molar-refractivity contribution in [3.8, 4) is 0 Å². The maximum Gasteiger partial charge on any atom is 0.123 e. The fraction of sp³-hybridized carbons (Fsp3) is 0.455. The smallest absolute Gasteiger partial charge is 0.123 e. The minimum absolute atomic E-state index is 0.217. The first-order valence-corrected chi connectivity index (χ1v) is 6.47. The van der Waals surface area contributed by atoms with E-state index in [2.05, 4.69) is 0 Å². The molecular formula is C11H13ClFNS. The standard InChI is InChI=1S/C11H13ClFNS/c12-10-2-1-9(13)4-7(10)3-8-5-15-6-11(8)14/h1-2,4,8,11H,3,5-6,14H2. The molecule has 0 amide bonds. The first-order chi connectivity index (χ1) is 7.16. The molecule has 2 N–H and O–H groups in total. The van der Waals surface area contributed by atoms with Crippen LogP contribution in [0.1, 0.15) is 5.56 Å². The molecule has 0 saturated carbocycles. The van der Waals surface area contributed by atoms with Crippen LogP contribution in [0.3, 0.4) is 0 Å². The highest BCUT2D eigenvalue weighted by Crippen LogP contribution is 2.28. The lowest BCUT2D eigenvalue weighted by atomic mass is 9.95. The van der Waals surface area contributed by atoms with Crippen LogP contribution < -0.4 is 5.73 Å². The number of rotatable bonds is 2. The van der Waals surface area contributed by atoms with Gasteiger partial charge in [0.05, 0.1) is 0 Å². The Bertz CT molecular complexity index is 358. The molecule has 1 nitrogen and oxygen atoms in total. The van der Waals surface area contributed by atoms with Gasteiger partial charge in [0.1, 0.15) is 5.82 Å². The second kappa shape index (κ2) is 4.73. The Morgan fingerprint density at radius 3 is 2.93 bits per heavy atom. The molecule has 82 valence electrons. The summed E-state index contributed by atoms with van der Waals surface area (Å²) >= 11 is 7.87. The summed E-state index contributed by atoms with van der Waals surface area (Å²) in [5.74, 6) is 2.24. The number of thioether (sulfide) groups is 1. The Kier molecular flexibility index (Phi) is 3.54. The molecule has 1 aromatic carbocycles. The second-order valence-corrected chi connectivity index (χ2v) is 5.38. The monoisotopic (exact) mass is 245 g/mol. The molecule has 0 aliphatic carbocycles. The lowest BCUT2D eigenvalue weighted by Gasteiger charge is -2.15. The van der Waals surface area contributed by atoms with Crippen LogP contribution in [-0.4, -0.2) is 17.5 Å². The van der Waals surface area contributed by atoms with Crippen molar-refractivity contribution >= 4 is 23.4 Å². The fourth-order valence-corrected chi connectivity index (χ4v) is 3.35. The number of nitrogens with two attached hydrogens (primary N) is 1. The molecule has 1 aliphatic heterocycles. The van der Waals surface area contributed by atoms with E-state index in [4.69, 9.17) is 17.3 Å². The van der Waals surface area contributed by atoms with E-state index >= 15 is 0 Å². The first kappa shape index (κ1) is 11.2. The third-order valence-corrected chi connectivity index (χ3v) is 4.39. The molecule has 1 heterocycles. The van der Waals surface area contributed by atoms with E-state index in [1.54, 1.807) is 6.07 Å². The highest BCUT2D eigenvalue weighted by Gasteiger charge is 2.25. The Morgan fingerprint density at radius 1 is 1.47 bits per heavy atom. The van der Waals surface area contributed by atoms with Crippen molar-refractivity contribution in [3.63, 3.8) is 0 Å². The molecule has 2 atom stereocenters. The third kappa shape index (κ3) is 2.65. The Balaban J connectivity index is 2.12. The Labute approximate surface area is 98.2 Å². The van der Waals surface area contributed by atoms with Gasteiger partial charge in [0.15, 0.2) is 0 Å². The molecule has 4 heteroatoms. The lowest BCUT2D eigenvalue weighted by Crippen LogP contribution is -2.29. The van der Waals surface area contributed by atoms with Gasteiger partial charge < -0.3 is 5.73 Å². The summed E-state index contributed by atoms with van der Waals surface area (Å²) in [7, 11) is 0. The van der Waals surface area contributed by atoms with Gasteiger partial charge in [0.25, 0.3) is 0 Å². The van der Waals surface area contributed by atoms with Crippen LogP contribution in [0.15, 0.2) is 18.2 Å². The highest BCUT2D eigenvalue weighted by molar-refractivity contribution is 7.99. The van der Waals surface area contributed by atoms with Crippen LogP contribution in [-0.2, 0) is 6.42 Å². The van der Waals surface area contributed by atoms with Crippen molar-refractivity contribution in [1.29, 1.82) is 0 Å². The molecular weight excluding hydrogens is 233 g/mol. The molecule has 0 radical (unpaired) electrons. The average molecular weight is 246 g/mol. The zero-order valence-corrected chi connectivity index (χ0v) is 9.82. The van der Waals surface area contributed by atoms with Crippen molar-refractivity contribution in [2.45, 2.75) is 12.5 Å². The van der Waals surface area contributed by atoms with Gasteiger partial charge in [-0.1, -0.05) is 11.6 Å². The van der Waals surface area contributed by atoms with E-state index in [1.807, 2.05) is 11.8 Å². The van der Waals surface area contributed by atoms with Gasteiger partial charge in [-0.25, -0.2) is 4.39 Å². The van der Waals surface area contributed by atoms with Gasteiger partial charge in [-0.05, 0) is 41.9 Å². The summed E-state index contributed by atoms with van der Waals surface area (Å²) in [5, 5.41) is 0.639.